The Morgan fingerprint density at radius 1 is 1.17 bits per heavy atom. The van der Waals surface area contributed by atoms with E-state index >= 15 is 0 Å². The third-order valence-corrected chi connectivity index (χ3v) is 6.65. The number of thiophene rings is 1. The maximum atomic E-state index is 13.4. The molecule has 0 saturated carbocycles. The van der Waals surface area contributed by atoms with Gasteiger partial charge < -0.3 is 15.6 Å². The molecular formula is C19H21F3N4O2S. The number of nitrogens with one attached hydrogen (secondary N) is 4. The fraction of sp³-hybridized carbons (Fsp3) is 0.474. The van der Waals surface area contributed by atoms with Crippen LogP contribution in [0.5, 0.6) is 0 Å². The van der Waals surface area contributed by atoms with Gasteiger partial charge in [0.2, 0.25) is 0 Å². The van der Waals surface area contributed by atoms with Crippen LogP contribution < -0.4 is 16.0 Å². The summed E-state index contributed by atoms with van der Waals surface area (Å²) in [7, 11) is 0. The first kappa shape index (κ1) is 20.0. The predicted molar refractivity (Wildman–Crippen MR) is 103 cm³/mol. The van der Waals surface area contributed by atoms with Gasteiger partial charge in [-0.25, -0.2) is 4.79 Å². The number of fused-ring (bicyclic) bond motifs is 2. The zero-order valence-electron chi connectivity index (χ0n) is 15.6. The van der Waals surface area contributed by atoms with Crippen LogP contribution in [0.25, 0.3) is 0 Å². The molecule has 29 heavy (non-hydrogen) atoms. The molecule has 0 aromatic carbocycles. The molecule has 0 spiro atoms. The zero-order chi connectivity index (χ0) is 20.6. The quantitative estimate of drug-likeness (QED) is 0.562. The van der Waals surface area contributed by atoms with Crippen LogP contribution in [0.15, 0.2) is 0 Å². The van der Waals surface area contributed by atoms with Crippen molar-refractivity contribution in [3.8, 4) is 0 Å². The lowest BCUT2D eigenvalue weighted by Gasteiger charge is -2.15. The predicted octanol–water partition coefficient (Wildman–Crippen LogP) is 3.75. The minimum absolute atomic E-state index is 0.0743. The highest BCUT2D eigenvalue weighted by molar-refractivity contribution is 7.16. The van der Waals surface area contributed by atoms with Crippen molar-refractivity contribution in [2.45, 2.75) is 51.4 Å². The molecule has 2 amide bonds. The molecule has 0 saturated heterocycles. The minimum Gasteiger partial charge on any atom is -0.353 e. The van der Waals surface area contributed by atoms with Gasteiger partial charge in [-0.2, -0.15) is 13.2 Å². The normalized spacial score (nSPS) is 16.1. The molecule has 3 heterocycles. The lowest BCUT2D eigenvalue weighted by molar-refractivity contribution is -0.141. The fourth-order valence-corrected chi connectivity index (χ4v) is 5.33. The van der Waals surface area contributed by atoms with Gasteiger partial charge in [0.15, 0.2) is 6.29 Å². The van der Waals surface area contributed by atoms with Crippen molar-refractivity contribution in [3.05, 3.63) is 38.5 Å². The van der Waals surface area contributed by atoms with Crippen molar-refractivity contribution in [3.63, 3.8) is 0 Å². The molecule has 0 fully saturated rings. The number of amides is 2. The van der Waals surface area contributed by atoms with Gasteiger partial charge in [-0.3, -0.25) is 10.1 Å². The number of halogens is 3. The largest absolute Gasteiger partial charge is 0.431 e. The third kappa shape index (κ3) is 3.91. The van der Waals surface area contributed by atoms with Crippen LogP contribution in [0.1, 0.15) is 56.2 Å². The molecule has 4 N–H and O–H groups in total. The molecule has 10 heteroatoms. The molecule has 2 aliphatic rings. The summed E-state index contributed by atoms with van der Waals surface area (Å²) in [6.07, 6.45) is 0.419. The molecule has 2 aromatic heterocycles. The summed E-state index contributed by atoms with van der Waals surface area (Å²) in [5, 5.41) is 8.68. The van der Waals surface area contributed by atoms with E-state index in [1.54, 1.807) is 0 Å². The number of rotatable bonds is 4. The number of hydrogen-bond acceptors (Lipinski definition) is 4. The van der Waals surface area contributed by atoms with Crippen LogP contribution >= 0.6 is 11.3 Å². The Balaban J connectivity index is 1.50. The standard InChI is InChI=1S/C19H21F3N4O2S/c20-19(21,22)16-12(10-5-6-23-8-14(10)25-16)7-24-18(28)26-17-13(9-27)11-3-1-2-4-15(11)29-17/h9,23,25H,1-8H2,(H2,24,26,28). The second-order valence-electron chi connectivity index (χ2n) is 7.24. The van der Waals surface area contributed by atoms with Gasteiger partial charge in [0.25, 0.3) is 0 Å². The Bertz CT molecular complexity index is 948. The number of H-pyrrole nitrogens is 1. The number of hydrogen-bond donors (Lipinski definition) is 4. The first-order valence-electron chi connectivity index (χ1n) is 9.53. The van der Waals surface area contributed by atoms with Gasteiger partial charge in [-0.1, -0.05) is 0 Å². The maximum Gasteiger partial charge on any atom is 0.431 e. The molecule has 156 valence electrons. The zero-order valence-corrected chi connectivity index (χ0v) is 16.4. The van der Waals surface area contributed by atoms with Gasteiger partial charge in [0, 0.05) is 29.2 Å². The summed E-state index contributed by atoms with van der Waals surface area (Å²) >= 11 is 1.37. The Labute approximate surface area is 169 Å². The summed E-state index contributed by atoms with van der Waals surface area (Å²) < 4.78 is 40.3. The van der Waals surface area contributed by atoms with E-state index in [2.05, 4.69) is 20.9 Å². The third-order valence-electron chi connectivity index (χ3n) is 5.43. The molecule has 1 aliphatic carbocycles. The molecule has 0 unspecified atom stereocenters. The maximum absolute atomic E-state index is 13.4. The lowest BCUT2D eigenvalue weighted by Crippen LogP contribution is -2.30. The fourth-order valence-electron chi connectivity index (χ4n) is 4.08. The van der Waals surface area contributed by atoms with Crippen LogP contribution in [-0.4, -0.2) is 23.8 Å². The number of carbonyl (C=O) groups is 2. The Kier molecular flexibility index (Phi) is 5.39. The van der Waals surface area contributed by atoms with Crippen LogP contribution in [-0.2, 0) is 38.5 Å². The lowest BCUT2D eigenvalue weighted by atomic mass is 9.96. The van der Waals surface area contributed by atoms with Crippen LogP contribution in [0.4, 0.5) is 23.0 Å². The number of aromatic amines is 1. The van der Waals surface area contributed by atoms with Gasteiger partial charge in [-0.15, -0.1) is 11.3 Å². The van der Waals surface area contributed by atoms with E-state index in [4.69, 9.17) is 0 Å². The molecule has 2 aromatic rings. The van der Waals surface area contributed by atoms with Crippen molar-refractivity contribution >= 4 is 28.7 Å². The Hall–Kier alpha value is -2.33. The summed E-state index contributed by atoms with van der Waals surface area (Å²) in [5.74, 6) is 0. The van der Waals surface area contributed by atoms with Gasteiger partial charge in [-0.05, 0) is 49.8 Å². The van der Waals surface area contributed by atoms with E-state index < -0.39 is 17.9 Å². The smallest absolute Gasteiger partial charge is 0.353 e. The second kappa shape index (κ2) is 7.83. The molecule has 0 atom stereocenters. The topological polar surface area (TPSA) is 86.0 Å². The van der Waals surface area contributed by atoms with Crippen molar-refractivity contribution in [1.82, 2.24) is 15.6 Å². The van der Waals surface area contributed by atoms with Crippen LogP contribution in [0.3, 0.4) is 0 Å². The van der Waals surface area contributed by atoms with E-state index in [0.717, 1.165) is 42.4 Å². The van der Waals surface area contributed by atoms with Crippen molar-refractivity contribution in [1.29, 1.82) is 0 Å². The number of alkyl halides is 3. The highest BCUT2D eigenvalue weighted by atomic mass is 32.1. The Morgan fingerprint density at radius 3 is 2.72 bits per heavy atom. The monoisotopic (exact) mass is 426 g/mol. The number of aromatic nitrogens is 1. The minimum atomic E-state index is -4.53. The van der Waals surface area contributed by atoms with Crippen LogP contribution in [0, 0.1) is 0 Å². The van der Waals surface area contributed by atoms with E-state index in [1.807, 2.05) is 0 Å². The number of aryl methyl sites for hydroxylation is 1. The molecule has 0 radical (unpaired) electrons. The van der Waals surface area contributed by atoms with Gasteiger partial charge in [0.1, 0.15) is 10.7 Å². The van der Waals surface area contributed by atoms with E-state index in [9.17, 15) is 22.8 Å². The van der Waals surface area contributed by atoms with E-state index in [-0.39, 0.29) is 12.1 Å². The summed E-state index contributed by atoms with van der Waals surface area (Å²) in [6.45, 7) is 0.687. The number of aldehydes is 1. The SMILES string of the molecule is O=Cc1c(NC(=O)NCc2c(C(F)(F)F)[nH]c3c2CCNC3)sc2c1CCCC2. The summed E-state index contributed by atoms with van der Waals surface area (Å²) in [5.41, 5.74) is 1.85. The van der Waals surface area contributed by atoms with Crippen molar-refractivity contribution in [2.75, 3.05) is 11.9 Å². The van der Waals surface area contributed by atoms with E-state index in [0.29, 0.717) is 41.3 Å². The number of anilines is 1. The van der Waals surface area contributed by atoms with Gasteiger partial charge in [0.05, 0.1) is 5.56 Å². The number of urea groups is 1. The van der Waals surface area contributed by atoms with Crippen molar-refractivity contribution < 1.29 is 22.8 Å². The molecule has 1 aliphatic heterocycles. The van der Waals surface area contributed by atoms with Crippen molar-refractivity contribution in [2.24, 2.45) is 0 Å². The average molecular weight is 426 g/mol. The molecular weight excluding hydrogens is 405 g/mol. The molecule has 6 nitrogen and oxygen atoms in total. The highest BCUT2D eigenvalue weighted by Gasteiger charge is 2.38. The first-order valence-corrected chi connectivity index (χ1v) is 10.3. The Morgan fingerprint density at radius 2 is 1.97 bits per heavy atom. The average Bonchev–Trinajstić information content (AvgIpc) is 3.23. The van der Waals surface area contributed by atoms with Crippen LogP contribution in [0.2, 0.25) is 0 Å². The molecule has 0 bridgehead atoms. The van der Waals surface area contributed by atoms with Gasteiger partial charge >= 0.3 is 12.2 Å². The molecule has 4 rings (SSSR count). The highest BCUT2D eigenvalue weighted by Crippen LogP contribution is 2.37. The second-order valence-corrected chi connectivity index (χ2v) is 8.34. The summed E-state index contributed by atoms with van der Waals surface area (Å²) in [6, 6.07) is -0.622. The summed E-state index contributed by atoms with van der Waals surface area (Å²) in [4.78, 5) is 27.4. The first-order chi connectivity index (χ1) is 13.9. The number of carbonyl (C=O) groups excluding carboxylic acids is 2. The van der Waals surface area contributed by atoms with E-state index in [1.165, 1.54) is 11.3 Å².